The van der Waals surface area contributed by atoms with E-state index < -0.39 is 0 Å². The molecular weight excluding hydrogens is 286 g/mol. The monoisotopic (exact) mass is 315 g/mol. The molecule has 3 saturated heterocycles. The van der Waals surface area contributed by atoms with E-state index in [4.69, 9.17) is 24.7 Å². The standard InChI is InChI=1S/C15H29N3O4/c1-13(16)4-17(14(2)6-19-11-20-7-14)10-18(5-13)15(3)8-21-12-22-9-15/h4-12,16H2,1-3H3. The molecule has 0 aromatic rings. The van der Waals surface area contributed by atoms with Crippen LogP contribution in [0.15, 0.2) is 0 Å². The van der Waals surface area contributed by atoms with Crippen molar-refractivity contribution in [3.05, 3.63) is 0 Å². The van der Waals surface area contributed by atoms with Crippen LogP contribution in [0.3, 0.4) is 0 Å². The molecule has 128 valence electrons. The van der Waals surface area contributed by atoms with Crippen molar-refractivity contribution in [2.45, 2.75) is 37.4 Å². The van der Waals surface area contributed by atoms with Crippen LogP contribution in [0, 0.1) is 0 Å². The quantitative estimate of drug-likeness (QED) is 0.757. The van der Waals surface area contributed by atoms with Crippen LogP contribution in [-0.2, 0) is 18.9 Å². The Hall–Kier alpha value is -0.280. The topological polar surface area (TPSA) is 69.4 Å². The Labute approximate surface area is 132 Å². The van der Waals surface area contributed by atoms with Crippen molar-refractivity contribution >= 4 is 0 Å². The molecule has 7 heteroatoms. The summed E-state index contributed by atoms with van der Waals surface area (Å²) in [5.41, 5.74) is 5.95. The Morgan fingerprint density at radius 1 is 0.727 bits per heavy atom. The van der Waals surface area contributed by atoms with Gasteiger partial charge in [-0.2, -0.15) is 0 Å². The number of nitrogens with zero attached hydrogens (tertiary/aromatic N) is 2. The molecule has 0 amide bonds. The smallest absolute Gasteiger partial charge is 0.146 e. The van der Waals surface area contributed by atoms with Gasteiger partial charge in [0.25, 0.3) is 0 Å². The first-order valence-electron chi connectivity index (χ1n) is 7.93. The second kappa shape index (κ2) is 5.98. The SMILES string of the molecule is CC1(N)CN(C2(C)COCOC2)CN(C2(C)COCOC2)C1. The van der Waals surface area contributed by atoms with Crippen molar-refractivity contribution in [1.82, 2.24) is 9.80 Å². The Balaban J connectivity index is 1.77. The molecule has 3 aliphatic rings. The maximum Gasteiger partial charge on any atom is 0.146 e. The lowest BCUT2D eigenvalue weighted by atomic mass is 9.90. The van der Waals surface area contributed by atoms with Gasteiger partial charge in [0, 0.05) is 18.6 Å². The second-order valence-electron chi connectivity index (χ2n) is 7.81. The molecule has 0 aliphatic carbocycles. The van der Waals surface area contributed by atoms with Gasteiger partial charge in [0.1, 0.15) is 13.6 Å². The summed E-state index contributed by atoms with van der Waals surface area (Å²) >= 11 is 0. The minimum Gasteiger partial charge on any atom is -0.353 e. The number of rotatable bonds is 2. The third kappa shape index (κ3) is 3.31. The summed E-state index contributed by atoms with van der Waals surface area (Å²) in [5, 5.41) is 0. The zero-order valence-corrected chi connectivity index (χ0v) is 14.0. The fraction of sp³-hybridized carbons (Fsp3) is 1.00. The van der Waals surface area contributed by atoms with Gasteiger partial charge in [-0.25, -0.2) is 0 Å². The summed E-state index contributed by atoms with van der Waals surface area (Å²) in [4.78, 5) is 4.77. The molecule has 0 atom stereocenters. The van der Waals surface area contributed by atoms with Crippen molar-refractivity contribution < 1.29 is 18.9 Å². The Kier molecular flexibility index (Phi) is 4.50. The highest BCUT2D eigenvalue weighted by Gasteiger charge is 2.47. The number of ether oxygens (including phenoxy) is 4. The predicted octanol–water partition coefficient (Wildman–Crippen LogP) is -0.195. The van der Waals surface area contributed by atoms with Gasteiger partial charge in [-0.3, -0.25) is 9.80 Å². The summed E-state index contributed by atoms with van der Waals surface area (Å²) in [7, 11) is 0. The van der Waals surface area contributed by atoms with E-state index >= 15 is 0 Å². The van der Waals surface area contributed by atoms with Gasteiger partial charge in [-0.15, -0.1) is 0 Å². The van der Waals surface area contributed by atoms with Crippen LogP contribution in [0.5, 0.6) is 0 Å². The average molecular weight is 315 g/mol. The molecule has 7 nitrogen and oxygen atoms in total. The van der Waals surface area contributed by atoms with E-state index in [9.17, 15) is 0 Å². The van der Waals surface area contributed by atoms with Gasteiger partial charge in [-0.1, -0.05) is 0 Å². The molecule has 0 aromatic carbocycles. The van der Waals surface area contributed by atoms with E-state index in [1.807, 2.05) is 0 Å². The first kappa shape index (κ1) is 16.6. The molecular formula is C15H29N3O4. The molecule has 3 rings (SSSR count). The second-order valence-corrected chi connectivity index (χ2v) is 7.81. The lowest BCUT2D eigenvalue weighted by Crippen LogP contribution is -2.73. The van der Waals surface area contributed by atoms with E-state index in [0.29, 0.717) is 40.0 Å². The predicted molar refractivity (Wildman–Crippen MR) is 81.2 cm³/mol. The molecule has 0 bridgehead atoms. The molecule has 3 heterocycles. The lowest BCUT2D eigenvalue weighted by Gasteiger charge is -2.56. The molecule has 3 aliphatic heterocycles. The van der Waals surface area contributed by atoms with Crippen LogP contribution in [0.4, 0.5) is 0 Å². The van der Waals surface area contributed by atoms with Crippen LogP contribution in [-0.4, -0.2) is 86.2 Å². The normalized spacial score (nSPS) is 32.7. The van der Waals surface area contributed by atoms with E-state index in [1.165, 1.54) is 0 Å². The number of hydrogen-bond acceptors (Lipinski definition) is 7. The maximum absolute atomic E-state index is 6.54. The Bertz CT molecular complexity index is 358. The van der Waals surface area contributed by atoms with Crippen LogP contribution in [0.1, 0.15) is 20.8 Å². The van der Waals surface area contributed by atoms with Crippen molar-refractivity contribution in [2.24, 2.45) is 5.73 Å². The molecule has 0 unspecified atom stereocenters. The number of hydrogen-bond donors (Lipinski definition) is 1. The Morgan fingerprint density at radius 3 is 1.45 bits per heavy atom. The van der Waals surface area contributed by atoms with E-state index in [2.05, 4.69) is 30.6 Å². The van der Waals surface area contributed by atoms with E-state index in [-0.39, 0.29) is 16.6 Å². The molecule has 2 N–H and O–H groups in total. The summed E-state index contributed by atoms with van der Waals surface area (Å²) in [6, 6.07) is 0. The van der Waals surface area contributed by atoms with Crippen LogP contribution < -0.4 is 5.73 Å². The minimum absolute atomic E-state index is 0.149. The van der Waals surface area contributed by atoms with Crippen LogP contribution >= 0.6 is 0 Å². The van der Waals surface area contributed by atoms with Gasteiger partial charge >= 0.3 is 0 Å². The summed E-state index contributed by atoms with van der Waals surface area (Å²) in [5.74, 6) is 0. The van der Waals surface area contributed by atoms with Crippen molar-refractivity contribution in [3.8, 4) is 0 Å². The van der Waals surface area contributed by atoms with E-state index in [1.54, 1.807) is 0 Å². The molecule has 22 heavy (non-hydrogen) atoms. The summed E-state index contributed by atoms with van der Waals surface area (Å²) in [6.07, 6.45) is 0. The van der Waals surface area contributed by atoms with Gasteiger partial charge in [0.15, 0.2) is 0 Å². The highest BCUT2D eigenvalue weighted by molar-refractivity contribution is 5.02. The molecule has 3 fully saturated rings. The summed E-state index contributed by atoms with van der Waals surface area (Å²) in [6.45, 7) is 12.4. The maximum atomic E-state index is 6.54. The zero-order chi connectivity index (χ0) is 15.8. The van der Waals surface area contributed by atoms with Gasteiger partial charge in [0.2, 0.25) is 0 Å². The van der Waals surface area contributed by atoms with Crippen LogP contribution in [0.2, 0.25) is 0 Å². The molecule has 0 aromatic heterocycles. The molecule has 0 radical (unpaired) electrons. The van der Waals surface area contributed by atoms with Gasteiger partial charge in [-0.05, 0) is 20.8 Å². The van der Waals surface area contributed by atoms with Crippen LogP contribution in [0.25, 0.3) is 0 Å². The Morgan fingerprint density at radius 2 is 1.09 bits per heavy atom. The minimum atomic E-state index is -0.292. The highest BCUT2D eigenvalue weighted by Crippen LogP contribution is 2.30. The third-order valence-corrected chi connectivity index (χ3v) is 4.96. The van der Waals surface area contributed by atoms with Gasteiger partial charge in [0.05, 0.1) is 44.2 Å². The van der Waals surface area contributed by atoms with Gasteiger partial charge < -0.3 is 24.7 Å². The first-order chi connectivity index (χ1) is 10.3. The first-order valence-corrected chi connectivity index (χ1v) is 7.93. The van der Waals surface area contributed by atoms with Crippen molar-refractivity contribution in [1.29, 1.82) is 0 Å². The molecule has 0 spiro atoms. The summed E-state index contributed by atoms with van der Waals surface area (Å²) < 4.78 is 22.2. The number of nitrogens with two attached hydrogens (primary N) is 1. The fourth-order valence-corrected chi connectivity index (χ4v) is 3.56. The third-order valence-electron chi connectivity index (χ3n) is 4.96. The van der Waals surface area contributed by atoms with Crippen molar-refractivity contribution in [2.75, 3.05) is 59.8 Å². The fourth-order valence-electron chi connectivity index (χ4n) is 3.56. The molecule has 0 saturated carbocycles. The average Bonchev–Trinajstić information content (AvgIpc) is 2.47. The zero-order valence-electron chi connectivity index (χ0n) is 14.0. The lowest BCUT2D eigenvalue weighted by molar-refractivity contribution is -0.214. The van der Waals surface area contributed by atoms with Crippen molar-refractivity contribution in [3.63, 3.8) is 0 Å². The highest BCUT2D eigenvalue weighted by atomic mass is 16.7. The van der Waals surface area contributed by atoms with E-state index in [0.717, 1.165) is 19.8 Å². The largest absolute Gasteiger partial charge is 0.353 e.